The first-order valence-corrected chi connectivity index (χ1v) is 9.38. The number of nitrogens with one attached hydrogen (secondary N) is 1. The Hall–Kier alpha value is -2.78. The number of esters is 1. The van der Waals surface area contributed by atoms with Gasteiger partial charge in [0, 0.05) is 18.9 Å². The molecule has 0 aliphatic carbocycles. The van der Waals surface area contributed by atoms with Gasteiger partial charge in [0.2, 0.25) is 5.91 Å². The molecule has 1 heterocycles. The van der Waals surface area contributed by atoms with Crippen LogP contribution in [0.2, 0.25) is 0 Å². The van der Waals surface area contributed by atoms with Gasteiger partial charge in [0.1, 0.15) is 23.8 Å². The summed E-state index contributed by atoms with van der Waals surface area (Å²) in [6.45, 7) is 10.3. The molecule has 164 valence electrons. The Morgan fingerprint density at radius 2 is 1.66 bits per heavy atom. The van der Waals surface area contributed by atoms with E-state index in [1.54, 1.807) is 41.5 Å². The zero-order valence-corrected chi connectivity index (χ0v) is 17.9. The van der Waals surface area contributed by atoms with Crippen LogP contribution in [-0.4, -0.2) is 69.3 Å². The standard InChI is InChI=1S/C19H31N3O7/c1-18(2,3)28-14(23)12-21-10-11-22(17(26)27)13(15(21)24)8-7-9-20-16(25)29-19(4,5)6/h10-11,13H,7-9,12H2,1-6H3,(H,20,25)(H,26,27)/t13-/m0/s1. The van der Waals surface area contributed by atoms with E-state index in [0.717, 1.165) is 9.80 Å². The maximum atomic E-state index is 12.7. The van der Waals surface area contributed by atoms with Crippen LogP contribution in [0.1, 0.15) is 54.4 Å². The van der Waals surface area contributed by atoms with Crippen LogP contribution < -0.4 is 5.32 Å². The van der Waals surface area contributed by atoms with Crippen molar-refractivity contribution in [2.75, 3.05) is 13.1 Å². The van der Waals surface area contributed by atoms with Crippen LogP contribution in [0, 0.1) is 0 Å². The lowest BCUT2D eigenvalue weighted by Crippen LogP contribution is -2.52. The van der Waals surface area contributed by atoms with Crippen LogP contribution in [0.4, 0.5) is 9.59 Å². The van der Waals surface area contributed by atoms with Gasteiger partial charge in [-0.1, -0.05) is 0 Å². The van der Waals surface area contributed by atoms with E-state index >= 15 is 0 Å². The predicted molar refractivity (Wildman–Crippen MR) is 104 cm³/mol. The summed E-state index contributed by atoms with van der Waals surface area (Å²) in [5.74, 6) is -1.12. The van der Waals surface area contributed by atoms with Gasteiger partial charge in [-0.05, 0) is 54.4 Å². The Morgan fingerprint density at radius 3 is 2.17 bits per heavy atom. The van der Waals surface area contributed by atoms with Gasteiger partial charge in [-0.3, -0.25) is 14.5 Å². The van der Waals surface area contributed by atoms with Crippen LogP contribution in [0.25, 0.3) is 0 Å². The molecule has 2 N–H and O–H groups in total. The van der Waals surface area contributed by atoms with Gasteiger partial charge in [0.15, 0.2) is 0 Å². The third-order valence-corrected chi connectivity index (χ3v) is 3.57. The van der Waals surface area contributed by atoms with E-state index < -0.39 is 41.3 Å². The third-order valence-electron chi connectivity index (χ3n) is 3.57. The summed E-state index contributed by atoms with van der Waals surface area (Å²) in [5.41, 5.74) is -1.32. The summed E-state index contributed by atoms with van der Waals surface area (Å²) >= 11 is 0. The van der Waals surface area contributed by atoms with E-state index in [1.165, 1.54) is 12.4 Å². The van der Waals surface area contributed by atoms with Crippen molar-refractivity contribution < 1.29 is 33.8 Å². The molecule has 3 amide bonds. The van der Waals surface area contributed by atoms with Crippen molar-refractivity contribution in [3.05, 3.63) is 12.4 Å². The van der Waals surface area contributed by atoms with E-state index in [0.29, 0.717) is 6.42 Å². The fraction of sp³-hybridized carbons (Fsp3) is 0.684. The normalized spacial score (nSPS) is 17.2. The average Bonchev–Trinajstić information content (AvgIpc) is 2.50. The van der Waals surface area contributed by atoms with Crippen molar-refractivity contribution in [3.8, 4) is 0 Å². The first-order chi connectivity index (χ1) is 13.2. The highest BCUT2D eigenvalue weighted by Gasteiger charge is 2.35. The summed E-state index contributed by atoms with van der Waals surface area (Å²) in [6, 6.07) is -1.000. The van der Waals surface area contributed by atoms with E-state index in [2.05, 4.69) is 5.32 Å². The fourth-order valence-electron chi connectivity index (χ4n) is 2.54. The second kappa shape index (κ2) is 9.62. The highest BCUT2D eigenvalue weighted by atomic mass is 16.6. The van der Waals surface area contributed by atoms with Gasteiger partial charge in [-0.25, -0.2) is 9.59 Å². The smallest absolute Gasteiger partial charge is 0.412 e. The summed E-state index contributed by atoms with van der Waals surface area (Å²) < 4.78 is 10.3. The molecule has 1 aliphatic heterocycles. The van der Waals surface area contributed by atoms with E-state index in [9.17, 15) is 24.3 Å². The monoisotopic (exact) mass is 413 g/mol. The number of carbonyl (C=O) groups is 4. The molecule has 0 aromatic carbocycles. The zero-order valence-electron chi connectivity index (χ0n) is 17.9. The minimum Gasteiger partial charge on any atom is -0.465 e. The fourth-order valence-corrected chi connectivity index (χ4v) is 2.54. The molecule has 0 saturated heterocycles. The molecule has 29 heavy (non-hydrogen) atoms. The highest BCUT2D eigenvalue weighted by molar-refractivity contribution is 5.90. The van der Waals surface area contributed by atoms with Gasteiger partial charge in [0.05, 0.1) is 0 Å². The molecule has 0 radical (unpaired) electrons. The van der Waals surface area contributed by atoms with Crippen molar-refractivity contribution in [1.82, 2.24) is 15.1 Å². The number of amides is 3. The maximum Gasteiger partial charge on any atom is 0.412 e. The number of alkyl carbamates (subject to hydrolysis) is 1. The number of rotatable bonds is 6. The molecule has 10 heteroatoms. The highest BCUT2D eigenvalue weighted by Crippen LogP contribution is 2.18. The number of hydrogen-bond donors (Lipinski definition) is 2. The van der Waals surface area contributed by atoms with Crippen molar-refractivity contribution in [2.24, 2.45) is 0 Å². The molecule has 1 aliphatic rings. The minimum atomic E-state index is -1.28. The van der Waals surface area contributed by atoms with Crippen LogP contribution in [0.5, 0.6) is 0 Å². The first-order valence-electron chi connectivity index (χ1n) is 9.38. The van der Waals surface area contributed by atoms with Crippen molar-refractivity contribution in [2.45, 2.75) is 71.6 Å². The Labute approximate surface area is 170 Å². The Balaban J connectivity index is 2.67. The second-order valence-corrected chi connectivity index (χ2v) is 8.63. The van der Waals surface area contributed by atoms with Crippen LogP contribution in [0.3, 0.4) is 0 Å². The summed E-state index contributed by atoms with van der Waals surface area (Å²) in [5, 5.41) is 11.9. The molecule has 0 aromatic heterocycles. The zero-order chi connectivity index (χ0) is 22.4. The molecule has 1 atom stereocenters. The van der Waals surface area contributed by atoms with Gasteiger partial charge in [-0.2, -0.15) is 0 Å². The summed E-state index contributed by atoms with van der Waals surface area (Å²) in [6.07, 6.45) is 1.12. The Kier molecular flexibility index (Phi) is 8.05. The second-order valence-electron chi connectivity index (χ2n) is 8.63. The third kappa shape index (κ3) is 8.84. The Bertz CT molecular complexity index is 662. The minimum absolute atomic E-state index is 0.163. The number of ether oxygens (including phenoxy) is 2. The Morgan fingerprint density at radius 1 is 1.07 bits per heavy atom. The largest absolute Gasteiger partial charge is 0.465 e. The number of nitrogens with zero attached hydrogens (tertiary/aromatic N) is 2. The molecule has 1 rings (SSSR count). The first kappa shape index (κ1) is 24.3. The molecular weight excluding hydrogens is 382 g/mol. The molecule has 10 nitrogen and oxygen atoms in total. The summed E-state index contributed by atoms with van der Waals surface area (Å²) in [4.78, 5) is 49.8. The molecular formula is C19H31N3O7. The van der Waals surface area contributed by atoms with Gasteiger partial charge in [0.25, 0.3) is 0 Å². The van der Waals surface area contributed by atoms with Crippen molar-refractivity contribution in [3.63, 3.8) is 0 Å². The van der Waals surface area contributed by atoms with Gasteiger partial charge >= 0.3 is 18.2 Å². The van der Waals surface area contributed by atoms with Gasteiger partial charge in [-0.15, -0.1) is 0 Å². The van der Waals surface area contributed by atoms with E-state index in [1.807, 2.05) is 0 Å². The maximum absolute atomic E-state index is 12.7. The lowest BCUT2D eigenvalue weighted by atomic mass is 10.1. The molecule has 0 spiro atoms. The van der Waals surface area contributed by atoms with Crippen LogP contribution in [0.15, 0.2) is 12.4 Å². The number of hydrogen-bond acceptors (Lipinski definition) is 6. The van der Waals surface area contributed by atoms with E-state index in [-0.39, 0.29) is 19.5 Å². The topological polar surface area (TPSA) is 125 Å². The number of carboxylic acid groups (broad SMARTS) is 1. The SMILES string of the molecule is CC(C)(C)OC(=O)CN1C=CN(C(=O)O)[C@@H](CCCNC(=O)OC(C)(C)C)C1=O. The molecule has 0 saturated carbocycles. The molecule has 0 aromatic rings. The van der Waals surface area contributed by atoms with Crippen LogP contribution in [-0.2, 0) is 19.1 Å². The average molecular weight is 413 g/mol. The van der Waals surface area contributed by atoms with E-state index in [4.69, 9.17) is 9.47 Å². The summed E-state index contributed by atoms with van der Waals surface area (Å²) in [7, 11) is 0. The van der Waals surface area contributed by atoms with Crippen LogP contribution >= 0.6 is 0 Å². The lowest BCUT2D eigenvalue weighted by molar-refractivity contribution is -0.158. The predicted octanol–water partition coefficient (Wildman–Crippen LogP) is 2.29. The molecule has 0 fully saturated rings. The lowest BCUT2D eigenvalue weighted by Gasteiger charge is -2.34. The van der Waals surface area contributed by atoms with Gasteiger partial charge < -0.3 is 24.8 Å². The quantitative estimate of drug-likeness (QED) is 0.505. The molecule has 0 bridgehead atoms. The van der Waals surface area contributed by atoms with Crippen molar-refractivity contribution in [1.29, 1.82) is 0 Å². The molecule has 0 unspecified atom stereocenters. The number of carbonyl (C=O) groups excluding carboxylic acids is 3. The van der Waals surface area contributed by atoms with Crippen molar-refractivity contribution >= 4 is 24.1 Å².